The molecule has 0 radical (unpaired) electrons. The fraction of sp³-hybridized carbons (Fsp3) is 1.00. The van der Waals surface area contributed by atoms with Crippen molar-refractivity contribution in [1.29, 1.82) is 0 Å². The summed E-state index contributed by atoms with van der Waals surface area (Å²) in [4.78, 5) is 0. The van der Waals surface area contributed by atoms with E-state index in [0.717, 1.165) is 25.7 Å². The lowest BCUT2D eigenvalue weighted by atomic mass is 10.0. The van der Waals surface area contributed by atoms with Gasteiger partial charge in [-0.15, -0.1) is 0 Å². The summed E-state index contributed by atoms with van der Waals surface area (Å²) in [6.07, 6.45) is 11.4. The van der Waals surface area contributed by atoms with Gasteiger partial charge in [-0.3, -0.25) is 4.55 Å². The monoisotopic (exact) mass is 322 g/mol. The number of hydrogen-bond acceptors (Lipinski definition) is 3. The molecule has 0 aromatic carbocycles. The van der Waals surface area contributed by atoms with Crippen molar-refractivity contribution in [3.63, 3.8) is 0 Å². The molecule has 0 aromatic heterocycles. The molecule has 0 rings (SSSR count). The van der Waals surface area contributed by atoms with E-state index in [1.807, 2.05) is 0 Å². The number of hydrogen-bond donors (Lipinski definition) is 1. The number of unbranched alkanes of at least 4 members (excludes halogenated alkanes) is 6. The average Bonchev–Trinajstić information content (AvgIpc) is 2.35. The zero-order valence-electron chi connectivity index (χ0n) is 14.0. The summed E-state index contributed by atoms with van der Waals surface area (Å²) in [6.45, 7) is 6.50. The van der Waals surface area contributed by atoms with Gasteiger partial charge in [0.1, 0.15) is 0 Å². The molecule has 0 amide bonds. The third-order valence-electron chi connectivity index (χ3n) is 3.69. The zero-order valence-corrected chi connectivity index (χ0v) is 14.8. The molecule has 0 spiro atoms. The molecule has 4 nitrogen and oxygen atoms in total. The molecule has 0 heterocycles. The summed E-state index contributed by atoms with van der Waals surface area (Å²) in [7, 11) is -4.33. The van der Waals surface area contributed by atoms with Gasteiger partial charge >= 0.3 is 10.4 Å². The first-order valence-corrected chi connectivity index (χ1v) is 9.87. The molecular weight excluding hydrogens is 288 g/mol. The fourth-order valence-electron chi connectivity index (χ4n) is 2.50. The van der Waals surface area contributed by atoms with Crippen LogP contribution in [0.1, 0.15) is 91.4 Å². The van der Waals surface area contributed by atoms with Crippen molar-refractivity contribution in [2.75, 3.05) is 0 Å². The second-order valence-corrected chi connectivity index (χ2v) is 7.43. The highest BCUT2D eigenvalue weighted by Gasteiger charge is 2.16. The molecule has 0 saturated carbocycles. The van der Waals surface area contributed by atoms with Crippen molar-refractivity contribution in [2.45, 2.75) is 97.5 Å². The molecule has 0 fully saturated rings. The van der Waals surface area contributed by atoms with Crippen LogP contribution in [0, 0.1) is 5.92 Å². The Hall–Kier alpha value is -0.130. The maximum absolute atomic E-state index is 10.9. The minimum absolute atomic E-state index is 0.366. The Balaban J connectivity index is 3.88. The van der Waals surface area contributed by atoms with Gasteiger partial charge in [-0.1, -0.05) is 78.6 Å². The van der Waals surface area contributed by atoms with Gasteiger partial charge < -0.3 is 0 Å². The highest BCUT2D eigenvalue weighted by atomic mass is 32.3. The first-order valence-electron chi connectivity index (χ1n) is 8.50. The largest absolute Gasteiger partial charge is 0.397 e. The standard InChI is InChI=1S/C16H34O4S/c1-4-5-6-7-8-9-10-13-16(20-21(17,18)19)14-11-12-15(2)3/h15-16H,4-14H2,1-3H3,(H,17,18,19). The Morgan fingerprint density at radius 3 is 1.90 bits per heavy atom. The molecule has 0 aromatic rings. The SMILES string of the molecule is CCCCCCCCCC(CCCC(C)C)OS(=O)(=O)O. The lowest BCUT2D eigenvalue weighted by molar-refractivity contribution is 0.156. The quantitative estimate of drug-likeness (QED) is 0.355. The van der Waals surface area contributed by atoms with Gasteiger partial charge in [0.25, 0.3) is 0 Å². The molecule has 1 N–H and O–H groups in total. The summed E-state index contributed by atoms with van der Waals surface area (Å²) in [6, 6.07) is 0. The topological polar surface area (TPSA) is 63.6 Å². The van der Waals surface area contributed by atoms with Crippen LogP contribution in [0.2, 0.25) is 0 Å². The van der Waals surface area contributed by atoms with Crippen molar-refractivity contribution >= 4 is 10.4 Å². The highest BCUT2D eigenvalue weighted by molar-refractivity contribution is 7.80. The van der Waals surface area contributed by atoms with E-state index >= 15 is 0 Å². The third-order valence-corrected chi connectivity index (χ3v) is 4.21. The molecule has 21 heavy (non-hydrogen) atoms. The van der Waals surface area contributed by atoms with Crippen molar-refractivity contribution < 1.29 is 17.2 Å². The minimum atomic E-state index is -4.33. The predicted molar refractivity (Wildman–Crippen MR) is 87.7 cm³/mol. The van der Waals surface area contributed by atoms with E-state index in [0.29, 0.717) is 18.8 Å². The van der Waals surface area contributed by atoms with Gasteiger partial charge in [0.2, 0.25) is 0 Å². The molecule has 1 atom stereocenters. The van der Waals surface area contributed by atoms with Crippen LogP contribution in [0.5, 0.6) is 0 Å². The van der Waals surface area contributed by atoms with Gasteiger partial charge in [-0.05, 0) is 18.8 Å². The van der Waals surface area contributed by atoms with Crippen LogP contribution in [0.15, 0.2) is 0 Å². The van der Waals surface area contributed by atoms with E-state index in [1.165, 1.54) is 32.1 Å². The zero-order chi connectivity index (χ0) is 16.1. The van der Waals surface area contributed by atoms with E-state index in [9.17, 15) is 8.42 Å². The van der Waals surface area contributed by atoms with Crippen LogP contribution in [-0.4, -0.2) is 19.1 Å². The Kier molecular flexibility index (Phi) is 12.3. The Bertz CT molecular complexity index is 325. The molecule has 0 bridgehead atoms. The molecular formula is C16H34O4S. The van der Waals surface area contributed by atoms with Crippen LogP contribution >= 0.6 is 0 Å². The molecule has 0 saturated heterocycles. The second-order valence-electron chi connectivity index (χ2n) is 6.38. The summed E-state index contributed by atoms with van der Waals surface area (Å²) in [5, 5.41) is 0. The fourth-order valence-corrected chi connectivity index (χ4v) is 3.03. The summed E-state index contributed by atoms with van der Waals surface area (Å²) >= 11 is 0. The van der Waals surface area contributed by atoms with E-state index in [-0.39, 0.29) is 6.10 Å². The van der Waals surface area contributed by atoms with Gasteiger partial charge in [0, 0.05) is 0 Å². The maximum Gasteiger partial charge on any atom is 0.397 e. The van der Waals surface area contributed by atoms with Crippen molar-refractivity contribution in [3.8, 4) is 0 Å². The van der Waals surface area contributed by atoms with Crippen LogP contribution < -0.4 is 0 Å². The van der Waals surface area contributed by atoms with Crippen LogP contribution in [0.4, 0.5) is 0 Å². The van der Waals surface area contributed by atoms with Crippen LogP contribution in [-0.2, 0) is 14.6 Å². The first-order chi connectivity index (χ1) is 9.85. The van der Waals surface area contributed by atoms with Crippen molar-refractivity contribution in [3.05, 3.63) is 0 Å². The summed E-state index contributed by atoms with van der Waals surface area (Å²) in [5.74, 6) is 0.606. The van der Waals surface area contributed by atoms with E-state index in [2.05, 4.69) is 20.8 Å². The highest BCUT2D eigenvalue weighted by Crippen LogP contribution is 2.18. The van der Waals surface area contributed by atoms with Crippen LogP contribution in [0.25, 0.3) is 0 Å². The first kappa shape index (κ1) is 20.9. The van der Waals surface area contributed by atoms with Crippen molar-refractivity contribution in [2.24, 2.45) is 5.92 Å². The van der Waals surface area contributed by atoms with Gasteiger partial charge in [0.15, 0.2) is 0 Å². The molecule has 0 aliphatic carbocycles. The van der Waals surface area contributed by atoms with Crippen molar-refractivity contribution in [1.82, 2.24) is 0 Å². The van der Waals surface area contributed by atoms with Gasteiger partial charge in [0.05, 0.1) is 6.10 Å². The molecule has 5 heteroatoms. The number of rotatable bonds is 14. The summed E-state index contributed by atoms with van der Waals surface area (Å²) < 4.78 is 35.4. The van der Waals surface area contributed by atoms with Gasteiger partial charge in [-0.25, -0.2) is 4.18 Å². The lowest BCUT2D eigenvalue weighted by Gasteiger charge is -2.16. The predicted octanol–water partition coefficient (Wildman–Crippen LogP) is 5.14. The normalized spacial score (nSPS) is 13.8. The Morgan fingerprint density at radius 2 is 1.38 bits per heavy atom. The molecule has 0 aliphatic heterocycles. The third kappa shape index (κ3) is 16.1. The minimum Gasteiger partial charge on any atom is -0.264 e. The Morgan fingerprint density at radius 1 is 0.857 bits per heavy atom. The molecule has 0 aliphatic rings. The van der Waals surface area contributed by atoms with E-state index in [4.69, 9.17) is 8.74 Å². The second kappa shape index (κ2) is 12.4. The average molecular weight is 323 g/mol. The van der Waals surface area contributed by atoms with E-state index in [1.54, 1.807) is 0 Å². The summed E-state index contributed by atoms with van der Waals surface area (Å²) in [5.41, 5.74) is 0. The van der Waals surface area contributed by atoms with Crippen LogP contribution in [0.3, 0.4) is 0 Å². The molecule has 1 unspecified atom stereocenters. The van der Waals surface area contributed by atoms with Gasteiger partial charge in [-0.2, -0.15) is 8.42 Å². The molecule has 128 valence electrons. The van der Waals surface area contributed by atoms with E-state index < -0.39 is 10.4 Å². The maximum atomic E-state index is 10.9. The Labute approximate surface area is 131 Å². The lowest BCUT2D eigenvalue weighted by Crippen LogP contribution is -2.18. The smallest absolute Gasteiger partial charge is 0.264 e.